The van der Waals surface area contributed by atoms with Crippen LogP contribution in [0.4, 0.5) is 0 Å². The lowest BCUT2D eigenvalue weighted by Crippen LogP contribution is -2.22. The number of fused-ring (bicyclic) bond motifs is 3. The molecule has 4 aromatic rings. The lowest BCUT2D eigenvalue weighted by molar-refractivity contribution is -0.143. The second-order valence-electron chi connectivity index (χ2n) is 9.07. The monoisotopic (exact) mass is 562 g/mol. The van der Waals surface area contributed by atoms with E-state index < -0.39 is 29.0 Å². The summed E-state index contributed by atoms with van der Waals surface area (Å²) < 4.78 is 37.7. The van der Waals surface area contributed by atoms with Crippen molar-refractivity contribution in [2.24, 2.45) is 0 Å². The molecule has 0 saturated heterocycles. The molecule has 0 unspecified atom stereocenters. The summed E-state index contributed by atoms with van der Waals surface area (Å²) in [5.41, 5.74) is 1.24. The molecule has 1 aliphatic heterocycles. The third-order valence-corrected chi connectivity index (χ3v) is 6.83. The normalized spacial score (nSPS) is 14.1. The predicted molar refractivity (Wildman–Crippen MR) is 145 cm³/mol. The average Bonchev–Trinajstić information content (AvgIpc) is 2.98. The molecule has 0 radical (unpaired) electrons. The molecule has 0 fully saturated rings. The minimum Gasteiger partial charge on any atom is -0.507 e. The zero-order valence-electron chi connectivity index (χ0n) is 22.6. The Morgan fingerprint density at radius 1 is 0.927 bits per heavy atom. The highest BCUT2D eigenvalue weighted by molar-refractivity contribution is 5.94. The molecule has 0 aliphatic carbocycles. The molecule has 11 heteroatoms. The number of methoxy groups -OCH3 is 4. The van der Waals surface area contributed by atoms with Crippen LogP contribution in [0.25, 0.3) is 22.1 Å². The number of esters is 2. The number of carbonyl (C=O) groups is 2. The smallest absolute Gasteiger partial charge is 0.343 e. The van der Waals surface area contributed by atoms with Crippen molar-refractivity contribution in [1.82, 2.24) is 0 Å². The molecule has 0 saturated carbocycles. The summed E-state index contributed by atoms with van der Waals surface area (Å²) in [4.78, 5) is 38.0. The Bertz CT molecular complexity index is 1720. The first kappa shape index (κ1) is 27.4. The first-order valence-electron chi connectivity index (χ1n) is 12.4. The van der Waals surface area contributed by atoms with Crippen LogP contribution in [0, 0.1) is 0 Å². The Hall–Kier alpha value is -5.19. The molecule has 2 heterocycles. The molecule has 1 N–H and O–H groups in total. The van der Waals surface area contributed by atoms with Gasteiger partial charge in [0.1, 0.15) is 28.7 Å². The van der Waals surface area contributed by atoms with Crippen molar-refractivity contribution in [2.45, 2.75) is 12.3 Å². The Morgan fingerprint density at radius 3 is 2.34 bits per heavy atom. The van der Waals surface area contributed by atoms with Crippen LogP contribution in [0.15, 0.2) is 57.9 Å². The van der Waals surface area contributed by atoms with Gasteiger partial charge in [0.15, 0.2) is 29.6 Å². The predicted octanol–water partition coefficient (Wildman–Crippen LogP) is 4.18. The lowest BCUT2D eigenvalue weighted by atomic mass is 9.84. The zero-order valence-corrected chi connectivity index (χ0v) is 22.6. The SMILES string of the molecule is COC(=O)COc1cc([C@H]2CC(=O)Oc3cc(O)c4c(=O)c(-c5ccc(OC)c(OC)c5)coc4c32)ccc1OC. The van der Waals surface area contributed by atoms with Crippen molar-refractivity contribution < 1.29 is 47.5 Å². The van der Waals surface area contributed by atoms with Gasteiger partial charge >= 0.3 is 11.9 Å². The van der Waals surface area contributed by atoms with E-state index in [1.807, 2.05) is 0 Å². The summed E-state index contributed by atoms with van der Waals surface area (Å²) in [5.74, 6) is -0.611. The number of carbonyl (C=O) groups excluding carboxylic acids is 2. The van der Waals surface area contributed by atoms with Gasteiger partial charge in [0.2, 0.25) is 5.43 Å². The fourth-order valence-electron chi connectivity index (χ4n) is 4.84. The van der Waals surface area contributed by atoms with E-state index in [0.717, 1.165) is 0 Å². The number of phenolic OH excluding ortho intramolecular Hbond substituents is 1. The molecule has 0 spiro atoms. The van der Waals surface area contributed by atoms with Crippen molar-refractivity contribution in [3.63, 3.8) is 0 Å². The van der Waals surface area contributed by atoms with Crippen LogP contribution in [0.5, 0.6) is 34.5 Å². The zero-order chi connectivity index (χ0) is 29.3. The van der Waals surface area contributed by atoms with Gasteiger partial charge in [-0.15, -0.1) is 0 Å². The molecular weight excluding hydrogens is 536 g/mol. The van der Waals surface area contributed by atoms with Gasteiger partial charge in [-0.1, -0.05) is 12.1 Å². The molecule has 11 nitrogen and oxygen atoms in total. The van der Waals surface area contributed by atoms with Crippen molar-refractivity contribution in [3.8, 4) is 45.6 Å². The van der Waals surface area contributed by atoms with Crippen LogP contribution >= 0.6 is 0 Å². The number of aromatic hydroxyl groups is 1. The third-order valence-electron chi connectivity index (χ3n) is 6.83. The molecule has 5 rings (SSSR count). The van der Waals surface area contributed by atoms with E-state index in [1.54, 1.807) is 36.4 Å². The lowest BCUT2D eigenvalue weighted by Gasteiger charge is -2.26. The molecule has 0 bridgehead atoms. The minimum atomic E-state index is -0.643. The number of benzene rings is 3. The fraction of sp³-hybridized carbons (Fsp3) is 0.233. The van der Waals surface area contributed by atoms with Crippen LogP contribution in [0.3, 0.4) is 0 Å². The molecule has 1 atom stereocenters. The van der Waals surface area contributed by atoms with E-state index >= 15 is 0 Å². The van der Waals surface area contributed by atoms with Gasteiger partial charge in [0.25, 0.3) is 0 Å². The van der Waals surface area contributed by atoms with Gasteiger partial charge in [-0.25, -0.2) is 4.79 Å². The van der Waals surface area contributed by atoms with Crippen molar-refractivity contribution >= 4 is 22.9 Å². The van der Waals surface area contributed by atoms with Gasteiger partial charge in [-0.3, -0.25) is 9.59 Å². The van der Waals surface area contributed by atoms with Crippen molar-refractivity contribution in [3.05, 3.63) is 70.1 Å². The maximum absolute atomic E-state index is 13.7. The summed E-state index contributed by atoms with van der Waals surface area (Å²) >= 11 is 0. The van der Waals surface area contributed by atoms with Gasteiger partial charge in [0, 0.05) is 17.5 Å². The Labute approximate surface area is 233 Å². The number of ether oxygens (including phenoxy) is 6. The summed E-state index contributed by atoms with van der Waals surface area (Å²) in [6, 6.07) is 11.2. The van der Waals surface area contributed by atoms with Crippen molar-refractivity contribution in [1.29, 1.82) is 0 Å². The molecule has 41 heavy (non-hydrogen) atoms. The standard InChI is InChI=1S/C30H26O11/c1-35-20-7-6-16(9-22(20)37-3)18-13-40-30-27-17(11-25(32)41-24(27)12-19(31)28(30)29(18)34)15-5-8-21(36-2)23(10-15)39-14-26(33)38-4/h5-10,12-13,17,31H,11,14H2,1-4H3/t17-/m1/s1. The molecule has 3 aromatic carbocycles. The molecule has 212 valence electrons. The van der Waals surface area contributed by atoms with E-state index in [-0.39, 0.29) is 41.1 Å². The third kappa shape index (κ3) is 4.97. The number of phenols is 1. The van der Waals surface area contributed by atoms with Crippen molar-refractivity contribution in [2.75, 3.05) is 35.0 Å². The largest absolute Gasteiger partial charge is 0.507 e. The second-order valence-corrected chi connectivity index (χ2v) is 9.07. The summed E-state index contributed by atoms with van der Waals surface area (Å²) in [5, 5.41) is 10.8. The van der Waals surface area contributed by atoms with E-state index in [0.29, 0.717) is 33.9 Å². The van der Waals surface area contributed by atoms with E-state index in [1.165, 1.54) is 40.8 Å². The highest BCUT2D eigenvalue weighted by Crippen LogP contribution is 2.47. The van der Waals surface area contributed by atoms with Crippen LogP contribution in [-0.2, 0) is 14.3 Å². The van der Waals surface area contributed by atoms with Crippen LogP contribution < -0.4 is 29.1 Å². The quantitative estimate of drug-likeness (QED) is 0.244. The van der Waals surface area contributed by atoms with E-state index in [9.17, 15) is 19.5 Å². The highest BCUT2D eigenvalue weighted by Gasteiger charge is 2.34. The van der Waals surface area contributed by atoms with Crippen LogP contribution in [-0.4, -0.2) is 52.1 Å². The summed E-state index contributed by atoms with van der Waals surface area (Å²) in [6.45, 7) is -0.357. The van der Waals surface area contributed by atoms with Gasteiger partial charge in [0.05, 0.1) is 40.4 Å². The number of hydrogen-bond donors (Lipinski definition) is 1. The highest BCUT2D eigenvalue weighted by atomic mass is 16.6. The topological polar surface area (TPSA) is 140 Å². The molecule has 1 aromatic heterocycles. The van der Waals surface area contributed by atoms with Gasteiger partial charge < -0.3 is 37.9 Å². The average molecular weight is 563 g/mol. The fourth-order valence-corrected chi connectivity index (χ4v) is 4.84. The molecular formula is C30H26O11. The van der Waals surface area contributed by atoms with E-state index in [4.69, 9.17) is 28.1 Å². The summed E-state index contributed by atoms with van der Waals surface area (Å²) in [7, 11) is 5.68. The number of hydrogen-bond acceptors (Lipinski definition) is 11. The first-order chi connectivity index (χ1) is 19.8. The van der Waals surface area contributed by atoms with E-state index in [2.05, 4.69) is 4.74 Å². The minimum absolute atomic E-state index is 0.0612. The first-order valence-corrected chi connectivity index (χ1v) is 12.4. The number of rotatable bonds is 8. The maximum Gasteiger partial charge on any atom is 0.343 e. The van der Waals surface area contributed by atoms with Crippen LogP contribution in [0.2, 0.25) is 0 Å². The molecule has 1 aliphatic rings. The second kappa shape index (κ2) is 11.1. The van der Waals surface area contributed by atoms with Gasteiger partial charge in [-0.2, -0.15) is 0 Å². The Kier molecular flexibility index (Phi) is 7.43. The Balaban J connectivity index is 1.66. The summed E-state index contributed by atoms with van der Waals surface area (Å²) in [6.07, 6.45) is 1.20. The van der Waals surface area contributed by atoms with Gasteiger partial charge in [-0.05, 0) is 35.4 Å². The molecule has 0 amide bonds. The maximum atomic E-state index is 13.7. The Morgan fingerprint density at radius 2 is 1.63 bits per heavy atom. The van der Waals surface area contributed by atoms with Crippen LogP contribution in [0.1, 0.15) is 23.5 Å².